The molecule has 2 aromatic carbocycles. The van der Waals surface area contributed by atoms with Crippen LogP contribution in [0.3, 0.4) is 0 Å². The fourth-order valence-corrected chi connectivity index (χ4v) is 5.09. The normalized spacial score (nSPS) is 15.8. The summed E-state index contributed by atoms with van der Waals surface area (Å²) in [5, 5.41) is 0. The molecular weight excluding hydrogens is 436 g/mol. The van der Waals surface area contributed by atoms with Crippen molar-refractivity contribution in [1.82, 2.24) is 4.90 Å². The first-order valence-corrected chi connectivity index (χ1v) is 11.8. The van der Waals surface area contributed by atoms with Crippen LogP contribution in [-0.2, 0) is 6.54 Å². The molecule has 2 aromatic rings. The number of unbranched alkanes of at least 4 members (excludes halogenated alkanes) is 1. The van der Waals surface area contributed by atoms with Gasteiger partial charge in [-0.15, -0.1) is 0 Å². The third kappa shape index (κ3) is 4.70. The minimum atomic E-state index is 0.177. The Hall–Kier alpha value is -1.91. The first-order valence-electron chi connectivity index (χ1n) is 11.0. The number of benzene rings is 2. The van der Waals surface area contributed by atoms with E-state index in [-0.39, 0.29) is 5.91 Å². The van der Waals surface area contributed by atoms with Crippen LogP contribution in [0.15, 0.2) is 46.4 Å². The van der Waals surface area contributed by atoms with Crippen molar-refractivity contribution >= 4 is 27.5 Å². The molecule has 158 valence electrons. The third-order valence-electron chi connectivity index (χ3n) is 6.10. The Morgan fingerprint density at radius 1 is 0.967 bits per heavy atom. The van der Waals surface area contributed by atoms with Gasteiger partial charge < -0.3 is 9.38 Å². The van der Waals surface area contributed by atoms with E-state index in [4.69, 9.17) is 0 Å². The summed E-state index contributed by atoms with van der Waals surface area (Å²) in [6.07, 6.45) is 4.41. The van der Waals surface area contributed by atoms with E-state index in [0.717, 1.165) is 65.4 Å². The number of halogens is 1. The Bertz CT molecular complexity index is 995. The molecule has 1 saturated carbocycles. The van der Waals surface area contributed by atoms with Crippen molar-refractivity contribution in [1.29, 1.82) is 0 Å². The number of fused-ring (bicyclic) bond motifs is 1. The molecule has 1 heterocycles. The van der Waals surface area contributed by atoms with Crippen molar-refractivity contribution in [3.05, 3.63) is 74.3 Å². The number of carbonyl (C=O) groups excluding carboxylic acids is 1. The molecule has 4 rings (SSSR count). The van der Waals surface area contributed by atoms with Crippen molar-refractivity contribution in [2.24, 2.45) is 0 Å². The molecule has 0 aromatic heterocycles. The van der Waals surface area contributed by atoms with E-state index < -0.39 is 0 Å². The van der Waals surface area contributed by atoms with Gasteiger partial charge in [-0.1, -0.05) is 45.3 Å². The van der Waals surface area contributed by atoms with Crippen LogP contribution in [0.4, 0.5) is 0 Å². The van der Waals surface area contributed by atoms with E-state index in [2.05, 4.69) is 68.1 Å². The summed E-state index contributed by atoms with van der Waals surface area (Å²) in [6, 6.07) is 12.9. The molecule has 0 spiro atoms. The number of nitrogens with zero attached hydrogens (tertiary/aromatic N) is 2. The molecule has 1 aliphatic heterocycles. The number of hydrogen-bond acceptors (Lipinski definition) is 1. The molecular formula is C26H32BrN2O+. The maximum atomic E-state index is 13.0. The summed E-state index contributed by atoms with van der Waals surface area (Å²) in [6.45, 7) is 7.31. The number of rotatable bonds is 7. The van der Waals surface area contributed by atoms with Crippen LogP contribution in [0.1, 0.15) is 58.3 Å². The Morgan fingerprint density at radius 3 is 2.33 bits per heavy atom. The van der Waals surface area contributed by atoms with Crippen molar-refractivity contribution in [3.63, 3.8) is 0 Å². The van der Waals surface area contributed by atoms with Crippen LogP contribution >= 0.6 is 15.9 Å². The second kappa shape index (κ2) is 8.32. The zero-order chi connectivity index (χ0) is 21.5. The molecule has 0 atom stereocenters. The van der Waals surface area contributed by atoms with Gasteiger partial charge in [0, 0.05) is 27.7 Å². The Labute approximate surface area is 189 Å². The van der Waals surface area contributed by atoms with Crippen LogP contribution in [0.2, 0.25) is 0 Å². The van der Waals surface area contributed by atoms with Gasteiger partial charge in [-0.05, 0) is 63.3 Å². The third-order valence-corrected chi connectivity index (χ3v) is 6.60. The minimum absolute atomic E-state index is 0.177. The monoisotopic (exact) mass is 467 g/mol. The lowest BCUT2D eigenvalue weighted by Crippen LogP contribution is -2.40. The van der Waals surface area contributed by atoms with Crippen LogP contribution in [0.5, 0.6) is 0 Å². The highest BCUT2D eigenvalue weighted by atomic mass is 79.9. The van der Waals surface area contributed by atoms with Crippen molar-refractivity contribution < 1.29 is 9.28 Å². The Kier molecular flexibility index (Phi) is 5.91. The van der Waals surface area contributed by atoms with Gasteiger partial charge in [0.25, 0.3) is 5.91 Å². The van der Waals surface area contributed by atoms with Crippen LogP contribution in [0.25, 0.3) is 5.70 Å². The smallest absolute Gasteiger partial charge is 0.258 e. The van der Waals surface area contributed by atoms with Crippen molar-refractivity contribution in [2.45, 2.75) is 46.1 Å². The van der Waals surface area contributed by atoms with Crippen LogP contribution < -0.4 is 0 Å². The predicted octanol–water partition coefficient (Wildman–Crippen LogP) is 6.08. The highest BCUT2D eigenvalue weighted by molar-refractivity contribution is 9.10. The molecule has 1 aliphatic carbocycles. The molecule has 0 saturated heterocycles. The van der Waals surface area contributed by atoms with Gasteiger partial charge in [0.2, 0.25) is 0 Å². The zero-order valence-corrected chi connectivity index (χ0v) is 20.2. The number of quaternary nitrogens is 1. The fraction of sp³-hybridized carbons (Fsp3) is 0.423. The summed E-state index contributed by atoms with van der Waals surface area (Å²) in [7, 11) is 4.62. The van der Waals surface area contributed by atoms with Crippen molar-refractivity contribution in [2.75, 3.05) is 27.2 Å². The highest BCUT2D eigenvalue weighted by Gasteiger charge is 2.36. The number of carbonyl (C=O) groups is 1. The minimum Gasteiger partial charge on any atom is -0.325 e. The molecule has 4 heteroatoms. The summed E-state index contributed by atoms with van der Waals surface area (Å²) < 4.78 is 2.01. The second-order valence-electron chi connectivity index (χ2n) is 9.62. The van der Waals surface area contributed by atoms with Gasteiger partial charge in [-0.25, -0.2) is 0 Å². The molecule has 0 unspecified atom stereocenters. The maximum Gasteiger partial charge on any atom is 0.258 e. The average Bonchev–Trinajstić information content (AvgIpc) is 3.43. The second-order valence-corrected chi connectivity index (χ2v) is 10.5. The molecule has 0 N–H and O–H groups in total. The lowest BCUT2D eigenvalue weighted by molar-refractivity contribution is -0.903. The lowest BCUT2D eigenvalue weighted by atomic mass is 10.1. The fourth-order valence-electron chi connectivity index (χ4n) is 4.73. The van der Waals surface area contributed by atoms with E-state index >= 15 is 0 Å². The number of hydrogen-bond donors (Lipinski definition) is 0. The lowest BCUT2D eigenvalue weighted by Gasteiger charge is -2.30. The standard InChI is InChI=1S/C26H32BrN2O/c1-18-13-19(2)15-20(14-18)17-29(3,4)12-6-5-11-28-25(21-7-8-21)24-16-22(27)9-10-23(24)26(28)30/h9-10,13-16H,5-8,11-12,17H2,1-4H3/q+1. The maximum absolute atomic E-state index is 13.0. The molecule has 30 heavy (non-hydrogen) atoms. The Balaban J connectivity index is 1.36. The number of allylic oxidation sites excluding steroid dienone is 1. The van der Waals surface area contributed by atoms with Gasteiger partial charge in [-0.2, -0.15) is 0 Å². The van der Waals surface area contributed by atoms with Crippen LogP contribution in [-0.4, -0.2) is 42.5 Å². The SMILES string of the molecule is Cc1cc(C)cc(C[N+](C)(C)CCCCN2C(=O)c3ccc(Br)cc3C2=C2CC2)c1. The van der Waals surface area contributed by atoms with Crippen LogP contribution in [0, 0.1) is 13.8 Å². The van der Waals surface area contributed by atoms with E-state index in [1.165, 1.54) is 28.0 Å². The van der Waals surface area contributed by atoms with E-state index in [9.17, 15) is 4.79 Å². The van der Waals surface area contributed by atoms with Gasteiger partial charge in [0.05, 0.1) is 26.3 Å². The zero-order valence-electron chi connectivity index (χ0n) is 18.6. The van der Waals surface area contributed by atoms with Gasteiger partial charge in [0.1, 0.15) is 6.54 Å². The predicted molar refractivity (Wildman–Crippen MR) is 127 cm³/mol. The summed E-state index contributed by atoms with van der Waals surface area (Å²) >= 11 is 3.57. The molecule has 3 nitrogen and oxygen atoms in total. The van der Waals surface area contributed by atoms with Gasteiger partial charge in [-0.3, -0.25) is 4.79 Å². The van der Waals surface area contributed by atoms with E-state index in [1.807, 2.05) is 17.0 Å². The number of aryl methyl sites for hydroxylation is 2. The first kappa shape index (κ1) is 21.3. The molecule has 1 fully saturated rings. The molecule has 2 aliphatic rings. The number of amides is 1. The topological polar surface area (TPSA) is 20.3 Å². The molecule has 0 radical (unpaired) electrons. The summed E-state index contributed by atoms with van der Waals surface area (Å²) in [4.78, 5) is 15.1. The quantitative estimate of drug-likeness (QED) is 0.356. The van der Waals surface area contributed by atoms with E-state index in [0.29, 0.717) is 0 Å². The molecule has 0 bridgehead atoms. The van der Waals surface area contributed by atoms with E-state index in [1.54, 1.807) is 0 Å². The molecule has 1 amide bonds. The van der Waals surface area contributed by atoms with Crippen molar-refractivity contribution in [3.8, 4) is 0 Å². The van der Waals surface area contributed by atoms with Gasteiger partial charge >= 0.3 is 0 Å². The first-order chi connectivity index (χ1) is 14.2. The average molecular weight is 468 g/mol. The largest absolute Gasteiger partial charge is 0.325 e. The highest BCUT2D eigenvalue weighted by Crippen LogP contribution is 2.44. The summed E-state index contributed by atoms with van der Waals surface area (Å²) in [5.74, 6) is 0.177. The summed E-state index contributed by atoms with van der Waals surface area (Å²) in [5.41, 5.74) is 8.69. The Morgan fingerprint density at radius 2 is 1.67 bits per heavy atom. The van der Waals surface area contributed by atoms with Gasteiger partial charge in [0.15, 0.2) is 0 Å².